The summed E-state index contributed by atoms with van der Waals surface area (Å²) in [6, 6.07) is 17.8. The van der Waals surface area contributed by atoms with Crippen LogP contribution in [0.4, 0.5) is 0 Å². The fourth-order valence-corrected chi connectivity index (χ4v) is 3.10. The van der Waals surface area contributed by atoms with E-state index in [0.717, 1.165) is 11.1 Å². The molecule has 0 bridgehead atoms. The Morgan fingerprint density at radius 1 is 1.03 bits per heavy atom. The van der Waals surface area contributed by atoms with E-state index in [-0.39, 0.29) is 6.42 Å². The SMILES string of the molecule is Cn1cc(C(=O)NC(CCc2ccccc2)C(=O)C(N)=O)c(-c2ccccc2)n1. The van der Waals surface area contributed by atoms with Crippen LogP contribution in [-0.2, 0) is 23.1 Å². The van der Waals surface area contributed by atoms with Gasteiger partial charge in [0.2, 0.25) is 5.78 Å². The molecule has 0 saturated carbocycles. The minimum absolute atomic E-state index is 0.262. The van der Waals surface area contributed by atoms with Crippen LogP contribution in [0.25, 0.3) is 11.3 Å². The first kappa shape index (κ1) is 20.0. The van der Waals surface area contributed by atoms with Crippen LogP contribution in [0.3, 0.4) is 0 Å². The normalized spacial score (nSPS) is 11.6. The van der Waals surface area contributed by atoms with Gasteiger partial charge < -0.3 is 11.1 Å². The summed E-state index contributed by atoms with van der Waals surface area (Å²) >= 11 is 0. The molecule has 2 aromatic carbocycles. The summed E-state index contributed by atoms with van der Waals surface area (Å²) in [6.07, 6.45) is 2.36. The molecule has 0 saturated heterocycles. The van der Waals surface area contributed by atoms with Crippen molar-refractivity contribution in [3.05, 3.63) is 78.0 Å². The van der Waals surface area contributed by atoms with Crippen molar-refractivity contribution in [3.63, 3.8) is 0 Å². The highest BCUT2D eigenvalue weighted by atomic mass is 16.2. The van der Waals surface area contributed by atoms with Crippen LogP contribution in [0.15, 0.2) is 66.9 Å². The predicted octanol–water partition coefficient (Wildman–Crippen LogP) is 1.87. The molecule has 29 heavy (non-hydrogen) atoms. The smallest absolute Gasteiger partial charge is 0.287 e. The second kappa shape index (κ2) is 8.97. The van der Waals surface area contributed by atoms with Gasteiger partial charge in [-0.05, 0) is 18.4 Å². The van der Waals surface area contributed by atoms with Crippen molar-refractivity contribution in [1.29, 1.82) is 0 Å². The second-order valence-corrected chi connectivity index (χ2v) is 6.71. The number of ketones is 1. The Hall–Kier alpha value is -3.74. The number of carbonyl (C=O) groups is 3. The van der Waals surface area contributed by atoms with Gasteiger partial charge in [0.05, 0.1) is 11.6 Å². The van der Waals surface area contributed by atoms with Crippen molar-refractivity contribution in [2.75, 3.05) is 0 Å². The molecule has 1 aromatic heterocycles. The summed E-state index contributed by atoms with van der Waals surface area (Å²) in [6.45, 7) is 0. The number of nitrogens with zero attached hydrogens (tertiary/aromatic N) is 2. The zero-order valence-corrected chi connectivity index (χ0v) is 16.0. The number of amides is 2. The van der Waals surface area contributed by atoms with Gasteiger partial charge in [0, 0.05) is 18.8 Å². The molecule has 3 aromatic rings. The summed E-state index contributed by atoms with van der Waals surface area (Å²) in [5.74, 6) is -2.37. The van der Waals surface area contributed by atoms with E-state index in [4.69, 9.17) is 5.73 Å². The highest BCUT2D eigenvalue weighted by molar-refractivity contribution is 6.38. The van der Waals surface area contributed by atoms with E-state index in [1.165, 1.54) is 4.68 Å². The first-order chi connectivity index (χ1) is 14.0. The molecule has 7 nitrogen and oxygen atoms in total. The van der Waals surface area contributed by atoms with Gasteiger partial charge >= 0.3 is 0 Å². The number of benzene rings is 2. The van der Waals surface area contributed by atoms with Crippen molar-refractivity contribution >= 4 is 17.6 Å². The zero-order valence-electron chi connectivity index (χ0n) is 16.0. The first-order valence-electron chi connectivity index (χ1n) is 9.23. The number of hydrogen-bond acceptors (Lipinski definition) is 4. The van der Waals surface area contributed by atoms with E-state index in [1.807, 2.05) is 60.7 Å². The first-order valence-corrected chi connectivity index (χ1v) is 9.23. The lowest BCUT2D eigenvalue weighted by molar-refractivity contribution is -0.137. The number of hydrogen-bond donors (Lipinski definition) is 2. The Balaban J connectivity index is 1.81. The highest BCUT2D eigenvalue weighted by Crippen LogP contribution is 2.21. The molecule has 0 aliphatic carbocycles. The minimum Gasteiger partial charge on any atom is -0.363 e. The lowest BCUT2D eigenvalue weighted by Gasteiger charge is -2.16. The molecular weight excluding hydrogens is 368 g/mol. The summed E-state index contributed by atoms with van der Waals surface area (Å²) in [7, 11) is 1.71. The van der Waals surface area contributed by atoms with E-state index >= 15 is 0 Å². The van der Waals surface area contributed by atoms with Gasteiger partial charge in [-0.1, -0.05) is 60.7 Å². The maximum atomic E-state index is 12.9. The Labute approximate surface area is 168 Å². The molecule has 0 aliphatic rings. The molecule has 3 N–H and O–H groups in total. The van der Waals surface area contributed by atoms with Gasteiger partial charge in [-0.25, -0.2) is 0 Å². The minimum atomic E-state index is -1.07. The summed E-state index contributed by atoms with van der Waals surface area (Å²) < 4.78 is 1.53. The largest absolute Gasteiger partial charge is 0.363 e. The monoisotopic (exact) mass is 390 g/mol. The lowest BCUT2D eigenvalue weighted by Crippen LogP contribution is -2.46. The molecule has 0 radical (unpaired) electrons. The number of primary amides is 1. The second-order valence-electron chi connectivity index (χ2n) is 6.71. The third-order valence-electron chi connectivity index (χ3n) is 4.55. The third kappa shape index (κ3) is 4.95. The van der Waals surface area contributed by atoms with Crippen molar-refractivity contribution in [2.24, 2.45) is 12.8 Å². The number of rotatable bonds is 8. The fourth-order valence-electron chi connectivity index (χ4n) is 3.10. The van der Waals surface area contributed by atoms with Gasteiger partial charge in [0.1, 0.15) is 5.69 Å². The standard InChI is InChI=1S/C22H22N4O3/c1-26-14-17(19(25-26)16-10-6-3-7-11-16)22(29)24-18(20(27)21(23)28)13-12-15-8-4-2-5-9-15/h2-11,14,18H,12-13H2,1H3,(H2,23,28)(H,24,29). The van der Waals surface area contributed by atoms with Gasteiger partial charge in [-0.15, -0.1) is 0 Å². The molecule has 3 rings (SSSR count). The number of aromatic nitrogens is 2. The maximum Gasteiger partial charge on any atom is 0.287 e. The number of carbonyl (C=O) groups excluding carboxylic acids is 3. The van der Waals surface area contributed by atoms with Crippen LogP contribution in [0.1, 0.15) is 22.3 Å². The highest BCUT2D eigenvalue weighted by Gasteiger charge is 2.27. The summed E-state index contributed by atoms with van der Waals surface area (Å²) in [5, 5.41) is 7.03. The predicted molar refractivity (Wildman–Crippen MR) is 109 cm³/mol. The Morgan fingerprint density at radius 2 is 1.66 bits per heavy atom. The zero-order chi connectivity index (χ0) is 20.8. The van der Waals surface area contributed by atoms with E-state index in [2.05, 4.69) is 10.4 Å². The molecule has 1 atom stereocenters. The number of aryl methyl sites for hydroxylation is 2. The van der Waals surface area contributed by atoms with Crippen molar-refractivity contribution in [3.8, 4) is 11.3 Å². The van der Waals surface area contributed by atoms with Crippen LogP contribution in [-0.4, -0.2) is 33.4 Å². The van der Waals surface area contributed by atoms with Crippen LogP contribution in [0.5, 0.6) is 0 Å². The Morgan fingerprint density at radius 3 is 2.28 bits per heavy atom. The average molecular weight is 390 g/mol. The molecule has 7 heteroatoms. The van der Waals surface area contributed by atoms with E-state index < -0.39 is 23.6 Å². The van der Waals surface area contributed by atoms with Crippen molar-refractivity contribution in [1.82, 2.24) is 15.1 Å². The number of Topliss-reactive ketones (excluding diaryl/α,β-unsaturated/α-hetero) is 1. The van der Waals surface area contributed by atoms with Gasteiger partial charge in [-0.2, -0.15) is 5.10 Å². The van der Waals surface area contributed by atoms with Crippen LogP contribution in [0.2, 0.25) is 0 Å². The van der Waals surface area contributed by atoms with Gasteiger partial charge in [0.25, 0.3) is 11.8 Å². The average Bonchev–Trinajstić information content (AvgIpc) is 3.13. The molecule has 0 spiro atoms. The maximum absolute atomic E-state index is 12.9. The quantitative estimate of drug-likeness (QED) is 0.573. The molecule has 0 fully saturated rings. The molecule has 0 aliphatic heterocycles. The van der Waals surface area contributed by atoms with Crippen molar-refractivity contribution < 1.29 is 14.4 Å². The molecule has 1 unspecified atom stereocenters. The van der Waals surface area contributed by atoms with Crippen molar-refractivity contribution in [2.45, 2.75) is 18.9 Å². The fraction of sp³-hybridized carbons (Fsp3) is 0.182. The Bertz CT molecular complexity index is 1010. The summed E-state index contributed by atoms with van der Waals surface area (Å²) in [4.78, 5) is 36.7. The molecule has 1 heterocycles. The molecule has 148 valence electrons. The number of nitrogens with one attached hydrogen (secondary N) is 1. The third-order valence-corrected chi connectivity index (χ3v) is 4.55. The number of nitrogens with two attached hydrogens (primary N) is 1. The molecular formula is C22H22N4O3. The summed E-state index contributed by atoms with van der Waals surface area (Å²) in [5.41, 5.74) is 7.78. The topological polar surface area (TPSA) is 107 Å². The van der Waals surface area contributed by atoms with Crippen LogP contribution >= 0.6 is 0 Å². The van der Waals surface area contributed by atoms with E-state index in [1.54, 1.807) is 13.2 Å². The van der Waals surface area contributed by atoms with Gasteiger partial charge in [0.15, 0.2) is 0 Å². The van der Waals surface area contributed by atoms with Crippen LogP contribution in [0, 0.1) is 0 Å². The molecule has 2 amide bonds. The van der Waals surface area contributed by atoms with Crippen LogP contribution < -0.4 is 11.1 Å². The van der Waals surface area contributed by atoms with E-state index in [9.17, 15) is 14.4 Å². The lowest BCUT2D eigenvalue weighted by atomic mass is 10.0. The van der Waals surface area contributed by atoms with E-state index in [0.29, 0.717) is 17.7 Å². The van der Waals surface area contributed by atoms with Gasteiger partial charge in [-0.3, -0.25) is 19.1 Å². The Kier molecular flexibility index (Phi) is 6.19.